The highest BCUT2D eigenvalue weighted by molar-refractivity contribution is 8.00. The fourth-order valence-electron chi connectivity index (χ4n) is 1.06. The predicted octanol–water partition coefficient (Wildman–Crippen LogP) is 0.623. The molecule has 0 N–H and O–H groups in total. The van der Waals surface area contributed by atoms with Crippen LogP contribution in [0.2, 0.25) is 0 Å². The largest absolute Gasteiger partial charge is 0.338 e. The van der Waals surface area contributed by atoms with Gasteiger partial charge in [-0.25, -0.2) is 0 Å². The molecular formula is C7H10O3S. The zero-order valence-electron chi connectivity index (χ0n) is 6.71. The molecule has 0 spiro atoms. The maximum atomic E-state index is 11.0. The average Bonchev–Trinajstić information content (AvgIpc) is 2.62. The van der Waals surface area contributed by atoms with Crippen molar-refractivity contribution in [1.82, 2.24) is 0 Å². The van der Waals surface area contributed by atoms with Crippen LogP contribution in [0.1, 0.15) is 13.8 Å². The van der Waals surface area contributed by atoms with Gasteiger partial charge < -0.3 is 4.74 Å². The summed E-state index contributed by atoms with van der Waals surface area (Å²) in [7, 11) is 0. The summed E-state index contributed by atoms with van der Waals surface area (Å²) in [6.07, 6.45) is 1.26. The molecule has 11 heavy (non-hydrogen) atoms. The zero-order chi connectivity index (χ0) is 8.65. The van der Waals surface area contributed by atoms with Gasteiger partial charge in [-0.15, -0.1) is 11.8 Å². The Balaban J connectivity index is 2.71. The lowest BCUT2D eigenvalue weighted by molar-refractivity contribution is -0.120. The molecule has 0 aromatic heterocycles. The Bertz CT molecular complexity index is 214. The Labute approximate surface area is 69.5 Å². The van der Waals surface area contributed by atoms with Crippen LogP contribution in [0.4, 0.5) is 0 Å². The van der Waals surface area contributed by atoms with Crippen molar-refractivity contribution < 1.29 is 14.3 Å². The van der Waals surface area contributed by atoms with E-state index in [-0.39, 0.29) is 11.6 Å². The van der Waals surface area contributed by atoms with Crippen molar-refractivity contribution in [2.75, 3.05) is 6.26 Å². The molecular weight excluding hydrogens is 164 g/mol. The second-order valence-corrected chi connectivity index (χ2v) is 3.55. The van der Waals surface area contributed by atoms with Crippen LogP contribution >= 0.6 is 11.8 Å². The van der Waals surface area contributed by atoms with Crippen molar-refractivity contribution in [2.24, 2.45) is 0 Å². The number of carbonyl (C=O) groups is 2. The maximum Gasteiger partial charge on any atom is 0.205 e. The van der Waals surface area contributed by atoms with Crippen LogP contribution in [0, 0.1) is 0 Å². The van der Waals surface area contributed by atoms with E-state index in [9.17, 15) is 9.59 Å². The molecule has 1 heterocycles. The average molecular weight is 174 g/mol. The molecule has 4 heteroatoms. The number of epoxide rings is 1. The first-order valence-electron chi connectivity index (χ1n) is 3.29. The van der Waals surface area contributed by atoms with Gasteiger partial charge in [0.2, 0.25) is 4.93 Å². The van der Waals surface area contributed by atoms with E-state index in [0.29, 0.717) is 0 Å². The van der Waals surface area contributed by atoms with Crippen molar-refractivity contribution in [1.29, 1.82) is 0 Å². The van der Waals surface area contributed by atoms with E-state index in [1.807, 2.05) is 0 Å². The van der Waals surface area contributed by atoms with Crippen LogP contribution < -0.4 is 0 Å². The highest BCUT2D eigenvalue weighted by atomic mass is 32.2. The molecule has 2 atom stereocenters. The zero-order valence-corrected chi connectivity index (χ0v) is 7.53. The summed E-state index contributed by atoms with van der Waals surface area (Å²) in [5.74, 6) is -0.153. The lowest BCUT2D eigenvalue weighted by Crippen LogP contribution is -2.23. The smallest absolute Gasteiger partial charge is 0.205 e. The number of carbonyl (C=O) groups excluding carboxylic acids is 2. The van der Waals surface area contributed by atoms with Crippen molar-refractivity contribution in [3.8, 4) is 0 Å². The number of rotatable bonds is 3. The Hall–Kier alpha value is -0.350. The minimum Gasteiger partial charge on any atom is -0.338 e. The highest BCUT2D eigenvalue weighted by Crippen LogP contribution is 2.46. The summed E-state index contributed by atoms with van der Waals surface area (Å²) in [6.45, 7) is 2.88. The fourth-order valence-corrected chi connectivity index (χ4v) is 1.92. The second-order valence-electron chi connectivity index (χ2n) is 2.54. The van der Waals surface area contributed by atoms with E-state index in [1.165, 1.54) is 25.6 Å². The van der Waals surface area contributed by atoms with Gasteiger partial charge in [0, 0.05) is 0 Å². The molecule has 1 rings (SSSR count). The monoisotopic (exact) mass is 174 g/mol. The van der Waals surface area contributed by atoms with E-state index in [0.717, 1.165) is 0 Å². The molecule has 1 fully saturated rings. The third-order valence-electron chi connectivity index (χ3n) is 1.74. The van der Waals surface area contributed by atoms with Gasteiger partial charge in [-0.1, -0.05) is 0 Å². The number of thioether (sulfide) groups is 1. The fraction of sp³-hybridized carbons (Fsp3) is 0.714. The van der Waals surface area contributed by atoms with E-state index < -0.39 is 11.0 Å². The number of Topliss-reactive ketones (excluding diaryl/α,β-unsaturated/α-hetero) is 2. The van der Waals surface area contributed by atoms with E-state index >= 15 is 0 Å². The van der Waals surface area contributed by atoms with Crippen LogP contribution in [-0.4, -0.2) is 28.9 Å². The number of ketones is 2. The van der Waals surface area contributed by atoms with Gasteiger partial charge in [0.05, 0.1) is 0 Å². The summed E-state index contributed by atoms with van der Waals surface area (Å²) in [5, 5.41) is 0. The summed E-state index contributed by atoms with van der Waals surface area (Å²) in [5.41, 5.74) is 0. The Morgan fingerprint density at radius 2 is 2.00 bits per heavy atom. The summed E-state index contributed by atoms with van der Waals surface area (Å²) in [4.78, 5) is 20.9. The Morgan fingerprint density at radius 3 is 2.09 bits per heavy atom. The molecule has 0 aromatic carbocycles. The van der Waals surface area contributed by atoms with Gasteiger partial charge >= 0.3 is 0 Å². The molecule has 0 bridgehead atoms. The number of hydrogen-bond donors (Lipinski definition) is 0. The van der Waals surface area contributed by atoms with Crippen molar-refractivity contribution >= 4 is 23.3 Å². The maximum absolute atomic E-state index is 11.0. The summed E-state index contributed by atoms with van der Waals surface area (Å²) in [6, 6.07) is 0. The summed E-state index contributed by atoms with van der Waals surface area (Å²) >= 11 is 1.29. The molecule has 0 amide bonds. The highest BCUT2D eigenvalue weighted by Gasteiger charge is 2.62. The minimum atomic E-state index is -0.841. The molecule has 0 radical (unpaired) electrons. The molecule has 0 aliphatic carbocycles. The molecule has 62 valence electrons. The lowest BCUT2D eigenvalue weighted by atomic mass is 10.2. The SMILES string of the molecule is CSC1(C(C)=O)OC1C(C)=O. The number of hydrogen-bond acceptors (Lipinski definition) is 4. The third kappa shape index (κ3) is 1.20. The Kier molecular flexibility index (Phi) is 2.07. The van der Waals surface area contributed by atoms with Crippen molar-refractivity contribution in [3.63, 3.8) is 0 Å². The van der Waals surface area contributed by atoms with Crippen molar-refractivity contribution in [2.45, 2.75) is 24.9 Å². The van der Waals surface area contributed by atoms with E-state index in [2.05, 4.69) is 0 Å². The molecule has 0 aromatic rings. The Morgan fingerprint density at radius 1 is 1.45 bits per heavy atom. The predicted molar refractivity (Wildman–Crippen MR) is 42.5 cm³/mol. The molecule has 3 nitrogen and oxygen atoms in total. The minimum absolute atomic E-state index is 0.0745. The van der Waals surface area contributed by atoms with Crippen LogP contribution in [-0.2, 0) is 14.3 Å². The molecule has 2 unspecified atom stereocenters. The van der Waals surface area contributed by atoms with E-state index in [4.69, 9.17) is 4.74 Å². The van der Waals surface area contributed by atoms with Gasteiger partial charge in [-0.2, -0.15) is 0 Å². The van der Waals surface area contributed by atoms with Gasteiger partial charge in [-0.3, -0.25) is 9.59 Å². The normalized spacial score (nSPS) is 35.0. The quantitative estimate of drug-likeness (QED) is 0.588. The first kappa shape index (κ1) is 8.74. The van der Waals surface area contributed by atoms with E-state index in [1.54, 1.807) is 6.26 Å². The van der Waals surface area contributed by atoms with Gasteiger partial charge in [0.15, 0.2) is 17.7 Å². The standard InChI is InChI=1S/C7H10O3S/c1-4(8)6-7(10-6,11-3)5(2)9/h6H,1-3H3. The van der Waals surface area contributed by atoms with Gasteiger partial charge in [0.25, 0.3) is 0 Å². The lowest BCUT2D eigenvalue weighted by Gasteiger charge is -2.01. The van der Waals surface area contributed by atoms with Crippen LogP contribution in [0.3, 0.4) is 0 Å². The van der Waals surface area contributed by atoms with Gasteiger partial charge in [0.1, 0.15) is 0 Å². The summed E-state index contributed by atoms with van der Waals surface area (Å²) < 4.78 is 5.04. The molecule has 1 saturated heterocycles. The molecule has 0 saturated carbocycles. The van der Waals surface area contributed by atoms with Gasteiger partial charge in [-0.05, 0) is 20.1 Å². The van der Waals surface area contributed by atoms with Crippen LogP contribution in [0.5, 0.6) is 0 Å². The number of ether oxygens (including phenoxy) is 1. The molecule has 1 aliphatic heterocycles. The second kappa shape index (κ2) is 2.60. The third-order valence-corrected chi connectivity index (χ3v) is 2.95. The van der Waals surface area contributed by atoms with Crippen LogP contribution in [0.15, 0.2) is 0 Å². The van der Waals surface area contributed by atoms with Crippen molar-refractivity contribution in [3.05, 3.63) is 0 Å². The molecule has 1 aliphatic rings. The van der Waals surface area contributed by atoms with Crippen LogP contribution in [0.25, 0.3) is 0 Å². The first-order valence-corrected chi connectivity index (χ1v) is 4.51. The first-order chi connectivity index (χ1) is 5.04. The topological polar surface area (TPSA) is 46.7 Å².